The van der Waals surface area contributed by atoms with Gasteiger partial charge in [-0.3, -0.25) is 4.79 Å². The Labute approximate surface area is 105 Å². The van der Waals surface area contributed by atoms with Crippen LogP contribution in [0.4, 0.5) is 0 Å². The summed E-state index contributed by atoms with van der Waals surface area (Å²) >= 11 is 1.51. The van der Waals surface area contributed by atoms with Gasteiger partial charge in [0, 0.05) is 6.92 Å². The zero-order valence-corrected chi connectivity index (χ0v) is 10.5. The third-order valence-corrected chi connectivity index (χ3v) is 2.72. The number of ether oxygens (including phenoxy) is 2. The molecule has 4 nitrogen and oxygen atoms in total. The molecule has 0 bridgehead atoms. The number of nitrogens with zero attached hydrogens (tertiary/aromatic N) is 1. The fourth-order valence-electron chi connectivity index (χ4n) is 1.24. The van der Waals surface area contributed by atoms with Crippen LogP contribution < -0.4 is 4.74 Å². The highest BCUT2D eigenvalue weighted by molar-refractivity contribution is 7.98. The van der Waals surface area contributed by atoms with Crippen molar-refractivity contribution in [3.63, 3.8) is 0 Å². The molecule has 0 heterocycles. The zero-order valence-electron chi connectivity index (χ0n) is 9.73. The molecule has 0 saturated carbocycles. The number of thioether (sulfide) groups is 1. The third kappa shape index (κ3) is 4.00. The second-order valence-electron chi connectivity index (χ2n) is 3.14. The second kappa shape index (κ2) is 6.81. The maximum Gasteiger partial charge on any atom is 0.302 e. The minimum absolute atomic E-state index is 0.183. The smallest absolute Gasteiger partial charge is 0.302 e. The van der Waals surface area contributed by atoms with Crippen LogP contribution in [-0.2, 0) is 9.53 Å². The van der Waals surface area contributed by atoms with Gasteiger partial charge >= 0.3 is 5.97 Å². The fraction of sp³-hybridized carbons (Fsp3) is 0.333. The van der Waals surface area contributed by atoms with Gasteiger partial charge in [0.25, 0.3) is 0 Å². The van der Waals surface area contributed by atoms with E-state index in [2.05, 4.69) is 6.07 Å². The van der Waals surface area contributed by atoms with Crippen molar-refractivity contribution in [1.29, 1.82) is 5.26 Å². The van der Waals surface area contributed by atoms with Gasteiger partial charge in [-0.15, -0.1) is 11.8 Å². The number of carbonyl (C=O) groups is 1. The van der Waals surface area contributed by atoms with Gasteiger partial charge in [-0.1, -0.05) is 6.07 Å². The summed E-state index contributed by atoms with van der Waals surface area (Å²) in [5.41, 5.74) is 0.486. The highest BCUT2D eigenvalue weighted by Crippen LogP contribution is 2.30. The van der Waals surface area contributed by atoms with Crippen LogP contribution in [0.2, 0.25) is 0 Å². The normalized spacial score (nSPS) is 9.47. The molecule has 0 unspecified atom stereocenters. The first-order valence-electron chi connectivity index (χ1n) is 5.02. The molecule has 0 aliphatic heterocycles. The molecule has 90 valence electrons. The first kappa shape index (κ1) is 13.4. The molecule has 0 atom stereocenters. The Morgan fingerprint density at radius 2 is 2.24 bits per heavy atom. The third-order valence-electron chi connectivity index (χ3n) is 1.95. The molecule has 0 N–H and O–H groups in total. The van der Waals surface area contributed by atoms with E-state index in [1.54, 1.807) is 6.07 Å². The van der Waals surface area contributed by atoms with E-state index in [4.69, 9.17) is 14.7 Å². The summed E-state index contributed by atoms with van der Waals surface area (Å²) in [6.07, 6.45) is 1.91. The summed E-state index contributed by atoms with van der Waals surface area (Å²) in [7, 11) is 0. The van der Waals surface area contributed by atoms with Crippen molar-refractivity contribution in [3.05, 3.63) is 23.8 Å². The van der Waals surface area contributed by atoms with Gasteiger partial charge in [0.15, 0.2) is 5.75 Å². The standard InChI is InChI=1S/C12H13NO3S/c1-9(14)15-6-7-16-12-10(8-13)4-3-5-11(12)17-2/h3-5H,6-7H2,1-2H3. The monoisotopic (exact) mass is 251 g/mol. The molecule has 17 heavy (non-hydrogen) atoms. The molecule has 1 rings (SSSR count). The molecule has 0 spiro atoms. The van der Waals surface area contributed by atoms with Gasteiger partial charge in [-0.25, -0.2) is 0 Å². The number of benzene rings is 1. The molecule has 1 aromatic rings. The molecule has 0 aliphatic rings. The van der Waals surface area contributed by atoms with Crippen LogP contribution in [0.1, 0.15) is 12.5 Å². The Kier molecular flexibility index (Phi) is 5.37. The van der Waals surface area contributed by atoms with Crippen LogP contribution in [0.3, 0.4) is 0 Å². The van der Waals surface area contributed by atoms with E-state index in [1.165, 1.54) is 18.7 Å². The van der Waals surface area contributed by atoms with Crippen molar-refractivity contribution >= 4 is 17.7 Å². The number of nitriles is 1. The molecular weight excluding hydrogens is 238 g/mol. The Hall–Kier alpha value is -1.67. The molecule has 0 radical (unpaired) electrons. The molecule has 0 amide bonds. The van der Waals surface area contributed by atoms with E-state index >= 15 is 0 Å². The van der Waals surface area contributed by atoms with Gasteiger partial charge in [0.2, 0.25) is 0 Å². The minimum atomic E-state index is -0.341. The van der Waals surface area contributed by atoms with Crippen molar-refractivity contribution < 1.29 is 14.3 Å². The topological polar surface area (TPSA) is 59.3 Å². The van der Waals surface area contributed by atoms with Crippen LogP contribution in [-0.4, -0.2) is 25.4 Å². The van der Waals surface area contributed by atoms with Crippen molar-refractivity contribution in [3.8, 4) is 11.8 Å². The summed E-state index contributed by atoms with van der Waals surface area (Å²) in [5, 5.41) is 8.96. The predicted octanol–water partition coefficient (Wildman–Crippen LogP) is 2.22. The van der Waals surface area contributed by atoms with E-state index in [9.17, 15) is 4.79 Å². The SMILES string of the molecule is CSc1cccc(C#N)c1OCCOC(C)=O. The molecule has 5 heteroatoms. The Balaban J connectivity index is 2.68. The number of rotatable bonds is 5. The maximum atomic E-state index is 10.6. The summed E-state index contributed by atoms with van der Waals surface area (Å²) in [6.45, 7) is 1.77. The van der Waals surface area contributed by atoms with E-state index in [1.807, 2.05) is 18.4 Å². The van der Waals surface area contributed by atoms with Crippen LogP contribution in [0.25, 0.3) is 0 Å². The summed E-state index contributed by atoms with van der Waals surface area (Å²) < 4.78 is 10.2. The van der Waals surface area contributed by atoms with E-state index < -0.39 is 0 Å². The number of esters is 1. The van der Waals surface area contributed by atoms with Gasteiger partial charge < -0.3 is 9.47 Å². The second-order valence-corrected chi connectivity index (χ2v) is 3.99. The van der Waals surface area contributed by atoms with Gasteiger partial charge in [0.1, 0.15) is 19.3 Å². The lowest BCUT2D eigenvalue weighted by Crippen LogP contribution is -2.10. The molecule has 0 saturated heterocycles. The maximum absolute atomic E-state index is 10.6. The highest BCUT2D eigenvalue weighted by atomic mass is 32.2. The molecular formula is C12H13NO3S. The summed E-state index contributed by atoms with van der Waals surface area (Å²) in [4.78, 5) is 11.5. The lowest BCUT2D eigenvalue weighted by atomic mass is 10.2. The van der Waals surface area contributed by atoms with Crippen LogP contribution in [0, 0.1) is 11.3 Å². The van der Waals surface area contributed by atoms with Gasteiger partial charge in [-0.2, -0.15) is 5.26 Å². The Bertz CT molecular complexity index is 440. The zero-order chi connectivity index (χ0) is 12.7. The van der Waals surface area contributed by atoms with Gasteiger partial charge in [-0.05, 0) is 18.4 Å². The highest BCUT2D eigenvalue weighted by Gasteiger charge is 2.08. The minimum Gasteiger partial charge on any atom is -0.487 e. The Morgan fingerprint density at radius 1 is 1.47 bits per heavy atom. The molecule has 0 fully saturated rings. The average molecular weight is 251 g/mol. The number of hydrogen-bond donors (Lipinski definition) is 0. The predicted molar refractivity (Wildman–Crippen MR) is 65.1 cm³/mol. The van der Waals surface area contributed by atoms with Crippen molar-refractivity contribution in [2.45, 2.75) is 11.8 Å². The largest absolute Gasteiger partial charge is 0.487 e. The van der Waals surface area contributed by atoms with Crippen molar-refractivity contribution in [1.82, 2.24) is 0 Å². The van der Waals surface area contributed by atoms with Gasteiger partial charge in [0.05, 0.1) is 10.5 Å². The number of hydrogen-bond acceptors (Lipinski definition) is 5. The van der Waals surface area contributed by atoms with E-state index in [0.717, 1.165) is 4.90 Å². The lowest BCUT2D eigenvalue weighted by molar-refractivity contribution is -0.141. The lowest BCUT2D eigenvalue weighted by Gasteiger charge is -2.11. The fourth-order valence-corrected chi connectivity index (χ4v) is 1.81. The first-order valence-corrected chi connectivity index (χ1v) is 6.24. The molecule has 0 aliphatic carbocycles. The Morgan fingerprint density at radius 3 is 2.82 bits per heavy atom. The van der Waals surface area contributed by atoms with Crippen molar-refractivity contribution in [2.24, 2.45) is 0 Å². The summed E-state index contributed by atoms with van der Waals surface area (Å²) in [6, 6.07) is 7.46. The molecule has 0 aromatic heterocycles. The van der Waals surface area contributed by atoms with Crippen LogP contribution >= 0.6 is 11.8 Å². The van der Waals surface area contributed by atoms with Crippen molar-refractivity contribution in [2.75, 3.05) is 19.5 Å². The molecule has 1 aromatic carbocycles. The number of para-hydroxylation sites is 1. The van der Waals surface area contributed by atoms with Crippen LogP contribution in [0.15, 0.2) is 23.1 Å². The van der Waals surface area contributed by atoms with Crippen LogP contribution in [0.5, 0.6) is 5.75 Å². The van der Waals surface area contributed by atoms with E-state index in [-0.39, 0.29) is 19.2 Å². The quantitative estimate of drug-likeness (QED) is 0.456. The first-order chi connectivity index (χ1) is 8.19. The number of carbonyl (C=O) groups excluding carboxylic acids is 1. The average Bonchev–Trinajstić information content (AvgIpc) is 2.34. The van der Waals surface area contributed by atoms with E-state index in [0.29, 0.717) is 11.3 Å². The summed E-state index contributed by atoms with van der Waals surface area (Å²) in [5.74, 6) is 0.210.